The van der Waals surface area contributed by atoms with E-state index in [0.29, 0.717) is 24.5 Å². The standard InChI is InChI=1S/C15H30N2O/c1-11-7-12(2)14(15(16)8-11)10-17-5-3-13(9-17)4-6-18/h11-15,18H,3-10,16H2,1-2H3. The van der Waals surface area contributed by atoms with E-state index < -0.39 is 0 Å². The van der Waals surface area contributed by atoms with E-state index >= 15 is 0 Å². The van der Waals surface area contributed by atoms with Crippen LogP contribution in [0.15, 0.2) is 0 Å². The maximum Gasteiger partial charge on any atom is 0.0434 e. The van der Waals surface area contributed by atoms with Crippen LogP contribution in [0.4, 0.5) is 0 Å². The lowest BCUT2D eigenvalue weighted by atomic mass is 9.72. The molecule has 5 atom stereocenters. The molecule has 0 spiro atoms. The molecule has 1 saturated carbocycles. The molecule has 3 N–H and O–H groups in total. The van der Waals surface area contributed by atoms with Crippen LogP contribution < -0.4 is 5.73 Å². The molecule has 2 aliphatic rings. The van der Waals surface area contributed by atoms with Gasteiger partial charge in [0.15, 0.2) is 0 Å². The van der Waals surface area contributed by atoms with E-state index in [2.05, 4.69) is 18.7 Å². The number of aliphatic hydroxyl groups excluding tert-OH is 1. The molecule has 18 heavy (non-hydrogen) atoms. The predicted octanol–water partition coefficient (Wildman–Crippen LogP) is 1.70. The van der Waals surface area contributed by atoms with E-state index in [0.717, 1.165) is 18.3 Å². The van der Waals surface area contributed by atoms with Crippen molar-refractivity contribution in [2.45, 2.75) is 45.6 Å². The zero-order valence-corrected chi connectivity index (χ0v) is 12.0. The molecule has 3 nitrogen and oxygen atoms in total. The lowest BCUT2D eigenvalue weighted by Gasteiger charge is -2.39. The van der Waals surface area contributed by atoms with Crippen LogP contribution in [-0.4, -0.2) is 42.3 Å². The van der Waals surface area contributed by atoms with Gasteiger partial charge in [-0.15, -0.1) is 0 Å². The smallest absolute Gasteiger partial charge is 0.0434 e. The molecular formula is C15H30N2O. The molecule has 0 radical (unpaired) electrons. The highest BCUT2D eigenvalue weighted by Gasteiger charge is 2.34. The van der Waals surface area contributed by atoms with Gasteiger partial charge in [0.25, 0.3) is 0 Å². The van der Waals surface area contributed by atoms with Crippen LogP contribution in [0.25, 0.3) is 0 Å². The van der Waals surface area contributed by atoms with Gasteiger partial charge in [-0.2, -0.15) is 0 Å². The first kappa shape index (κ1) is 14.3. The van der Waals surface area contributed by atoms with Crippen LogP contribution in [0.5, 0.6) is 0 Å². The molecular weight excluding hydrogens is 224 g/mol. The Labute approximate surface area is 112 Å². The summed E-state index contributed by atoms with van der Waals surface area (Å²) in [5.74, 6) is 2.95. The first-order chi connectivity index (χ1) is 8.60. The maximum absolute atomic E-state index is 9.01. The van der Waals surface area contributed by atoms with Gasteiger partial charge in [0.2, 0.25) is 0 Å². The van der Waals surface area contributed by atoms with Crippen molar-refractivity contribution in [3.63, 3.8) is 0 Å². The lowest BCUT2D eigenvalue weighted by molar-refractivity contribution is 0.127. The topological polar surface area (TPSA) is 49.5 Å². The van der Waals surface area contributed by atoms with Crippen molar-refractivity contribution in [2.24, 2.45) is 29.4 Å². The van der Waals surface area contributed by atoms with Crippen LogP contribution >= 0.6 is 0 Å². The monoisotopic (exact) mass is 254 g/mol. The van der Waals surface area contributed by atoms with E-state index in [-0.39, 0.29) is 0 Å². The molecule has 5 unspecified atom stereocenters. The molecule has 1 aliphatic heterocycles. The van der Waals surface area contributed by atoms with Gasteiger partial charge in [0.1, 0.15) is 0 Å². The number of nitrogens with zero attached hydrogens (tertiary/aromatic N) is 1. The molecule has 0 aromatic carbocycles. The third-order valence-corrected chi connectivity index (χ3v) is 5.11. The van der Waals surface area contributed by atoms with Crippen LogP contribution in [0, 0.1) is 23.7 Å². The minimum Gasteiger partial charge on any atom is -0.396 e. The van der Waals surface area contributed by atoms with Gasteiger partial charge < -0.3 is 15.7 Å². The van der Waals surface area contributed by atoms with Crippen molar-refractivity contribution in [1.82, 2.24) is 4.90 Å². The summed E-state index contributed by atoms with van der Waals surface area (Å²) in [6, 6.07) is 0.389. The maximum atomic E-state index is 9.01. The Morgan fingerprint density at radius 2 is 2.06 bits per heavy atom. The number of rotatable bonds is 4. The highest BCUT2D eigenvalue weighted by atomic mass is 16.3. The third kappa shape index (κ3) is 3.46. The molecule has 1 aliphatic carbocycles. The van der Waals surface area contributed by atoms with E-state index in [9.17, 15) is 0 Å². The SMILES string of the molecule is CC1CC(C)C(CN2CCC(CCO)C2)C(N)C1. The van der Waals surface area contributed by atoms with Crippen LogP contribution in [0.3, 0.4) is 0 Å². The second-order valence-corrected chi connectivity index (χ2v) is 6.81. The van der Waals surface area contributed by atoms with E-state index in [1.165, 1.54) is 38.9 Å². The second-order valence-electron chi connectivity index (χ2n) is 6.81. The lowest BCUT2D eigenvalue weighted by Crippen LogP contribution is -2.46. The van der Waals surface area contributed by atoms with Crippen molar-refractivity contribution >= 4 is 0 Å². The van der Waals surface area contributed by atoms with Crippen molar-refractivity contribution < 1.29 is 5.11 Å². The highest BCUT2D eigenvalue weighted by molar-refractivity contribution is 4.89. The fourth-order valence-electron chi connectivity index (χ4n) is 4.08. The van der Waals surface area contributed by atoms with Crippen molar-refractivity contribution in [2.75, 3.05) is 26.2 Å². The van der Waals surface area contributed by atoms with Crippen molar-refractivity contribution in [3.8, 4) is 0 Å². The summed E-state index contributed by atoms with van der Waals surface area (Å²) in [5, 5.41) is 9.01. The fraction of sp³-hybridized carbons (Fsp3) is 1.00. The van der Waals surface area contributed by atoms with E-state index in [1.54, 1.807) is 0 Å². The molecule has 1 heterocycles. The Kier molecular flexibility index (Phi) is 5.05. The van der Waals surface area contributed by atoms with Crippen molar-refractivity contribution in [1.29, 1.82) is 0 Å². The molecule has 1 saturated heterocycles. The summed E-state index contributed by atoms with van der Waals surface area (Å²) < 4.78 is 0. The molecule has 0 aromatic heterocycles. The van der Waals surface area contributed by atoms with Gasteiger partial charge in [-0.05, 0) is 55.9 Å². The summed E-state index contributed by atoms with van der Waals surface area (Å²) in [4.78, 5) is 2.58. The van der Waals surface area contributed by atoms with E-state index in [1.807, 2.05) is 0 Å². The van der Waals surface area contributed by atoms with Gasteiger partial charge in [-0.25, -0.2) is 0 Å². The first-order valence-electron chi connectivity index (χ1n) is 7.69. The Morgan fingerprint density at radius 1 is 1.28 bits per heavy atom. The largest absolute Gasteiger partial charge is 0.396 e. The normalized spacial score (nSPS) is 42.3. The summed E-state index contributed by atoms with van der Waals surface area (Å²) in [5.41, 5.74) is 6.36. The number of likely N-dealkylation sites (tertiary alicyclic amines) is 1. The first-order valence-corrected chi connectivity index (χ1v) is 7.69. The second kappa shape index (κ2) is 6.36. The third-order valence-electron chi connectivity index (χ3n) is 5.11. The van der Waals surface area contributed by atoms with Gasteiger partial charge in [-0.3, -0.25) is 0 Å². The van der Waals surface area contributed by atoms with Gasteiger partial charge >= 0.3 is 0 Å². The quantitative estimate of drug-likeness (QED) is 0.803. The number of aliphatic hydroxyl groups is 1. The molecule has 106 valence electrons. The number of hydrogen-bond donors (Lipinski definition) is 2. The van der Waals surface area contributed by atoms with Gasteiger partial charge in [-0.1, -0.05) is 13.8 Å². The summed E-state index contributed by atoms with van der Waals surface area (Å²) in [6.07, 6.45) is 4.77. The number of hydrogen-bond acceptors (Lipinski definition) is 3. The summed E-state index contributed by atoms with van der Waals surface area (Å²) >= 11 is 0. The zero-order valence-electron chi connectivity index (χ0n) is 12.0. The minimum absolute atomic E-state index is 0.343. The average Bonchev–Trinajstić information content (AvgIpc) is 2.72. The van der Waals surface area contributed by atoms with Crippen LogP contribution in [0.1, 0.15) is 39.5 Å². The van der Waals surface area contributed by atoms with Gasteiger partial charge in [0.05, 0.1) is 0 Å². The Balaban J connectivity index is 1.82. The molecule has 2 rings (SSSR count). The molecule has 3 heteroatoms. The Bertz CT molecular complexity index is 247. The summed E-state index contributed by atoms with van der Waals surface area (Å²) in [7, 11) is 0. The summed E-state index contributed by atoms with van der Waals surface area (Å²) in [6.45, 7) is 8.61. The van der Waals surface area contributed by atoms with E-state index in [4.69, 9.17) is 10.8 Å². The highest BCUT2D eigenvalue weighted by Crippen LogP contribution is 2.34. The molecule has 2 fully saturated rings. The molecule has 0 aromatic rings. The predicted molar refractivity (Wildman–Crippen MR) is 75.3 cm³/mol. The average molecular weight is 254 g/mol. The zero-order chi connectivity index (χ0) is 13.1. The minimum atomic E-state index is 0.343. The van der Waals surface area contributed by atoms with Gasteiger partial charge in [0, 0.05) is 25.7 Å². The number of nitrogens with two attached hydrogens (primary N) is 1. The Hall–Kier alpha value is -0.120. The van der Waals surface area contributed by atoms with Crippen LogP contribution in [0.2, 0.25) is 0 Å². The Morgan fingerprint density at radius 3 is 2.72 bits per heavy atom. The van der Waals surface area contributed by atoms with Crippen LogP contribution in [-0.2, 0) is 0 Å². The van der Waals surface area contributed by atoms with Crippen molar-refractivity contribution in [3.05, 3.63) is 0 Å². The molecule has 0 bridgehead atoms. The molecule has 0 amide bonds. The fourth-order valence-corrected chi connectivity index (χ4v) is 4.08.